The molecule has 1 aliphatic rings. The van der Waals surface area contributed by atoms with E-state index >= 15 is 0 Å². The molecule has 274 valence electrons. The Hall–Kier alpha value is -5.23. The van der Waals surface area contributed by atoms with Crippen molar-refractivity contribution in [1.29, 1.82) is 0 Å². The maximum Gasteiger partial charge on any atom is 0.343 e. The first-order valence-electron chi connectivity index (χ1n) is 17.6. The Balaban J connectivity index is 1.28. The van der Waals surface area contributed by atoms with Crippen molar-refractivity contribution in [3.8, 4) is 23.0 Å². The Kier molecular flexibility index (Phi) is 13.8. The molecule has 52 heavy (non-hydrogen) atoms. The minimum absolute atomic E-state index is 0.168. The highest BCUT2D eigenvalue weighted by Crippen LogP contribution is 2.35. The number of esters is 3. The summed E-state index contributed by atoms with van der Waals surface area (Å²) in [6.07, 6.45) is 9.33. The molecule has 0 bridgehead atoms. The lowest BCUT2D eigenvalue weighted by molar-refractivity contribution is -0.140. The van der Waals surface area contributed by atoms with Crippen molar-refractivity contribution in [2.24, 2.45) is 22.8 Å². The first-order valence-corrected chi connectivity index (χ1v) is 18.5. The zero-order valence-corrected chi connectivity index (χ0v) is 30.5. The second kappa shape index (κ2) is 18.8. The summed E-state index contributed by atoms with van der Waals surface area (Å²) in [7, 11) is 1.60. The average Bonchev–Trinajstić information content (AvgIpc) is 3.60. The van der Waals surface area contributed by atoms with Gasteiger partial charge in [-0.05, 0) is 118 Å². The van der Waals surface area contributed by atoms with Gasteiger partial charge in [-0.1, -0.05) is 19.9 Å². The second-order valence-corrected chi connectivity index (χ2v) is 13.6. The third kappa shape index (κ3) is 10.2. The molecule has 4 aromatic rings. The van der Waals surface area contributed by atoms with Crippen molar-refractivity contribution < 1.29 is 38.1 Å². The number of carbonyl (C=O) groups excluding carboxylic acids is 3. The fourth-order valence-corrected chi connectivity index (χ4v) is 7.06. The minimum atomic E-state index is -0.604. The van der Waals surface area contributed by atoms with Gasteiger partial charge in [0.2, 0.25) is 0 Å². The molecule has 12 heteroatoms. The van der Waals surface area contributed by atoms with Crippen molar-refractivity contribution in [1.82, 2.24) is 4.98 Å². The van der Waals surface area contributed by atoms with Gasteiger partial charge in [0.1, 0.15) is 33.7 Å². The summed E-state index contributed by atoms with van der Waals surface area (Å²) in [6, 6.07) is 17.0. The number of unbranched alkanes of at least 4 members (excludes halogenated alkanes) is 3. The molecule has 3 aromatic carbocycles. The summed E-state index contributed by atoms with van der Waals surface area (Å²) >= 11 is 1.35. The molecular formula is C40H45N3O8S. The molecule has 0 unspecified atom stereocenters. The molecule has 1 aliphatic carbocycles. The smallest absolute Gasteiger partial charge is 0.343 e. The highest BCUT2D eigenvalue weighted by atomic mass is 32.1. The Morgan fingerprint density at radius 3 is 2.31 bits per heavy atom. The molecule has 5 rings (SSSR count). The third-order valence-electron chi connectivity index (χ3n) is 9.12. The monoisotopic (exact) mass is 727 g/mol. The number of rotatable bonds is 17. The number of nitrogens with zero attached hydrogens (tertiary/aromatic N) is 2. The van der Waals surface area contributed by atoms with Crippen LogP contribution in [0, 0.1) is 11.8 Å². The SMILES string of the molecule is C=CC(=O)OCCCCCCOc1ccc(C(=O)Oc2ccc(OC(=O)C3CCC(CC)CC3)cc2C(=NN)c2nc3ccc(OC)cc3s2)cc1. The normalized spacial score (nSPS) is 15.8. The van der Waals surface area contributed by atoms with E-state index in [2.05, 4.69) is 18.6 Å². The lowest BCUT2D eigenvalue weighted by Crippen LogP contribution is -2.25. The van der Waals surface area contributed by atoms with Gasteiger partial charge in [0.25, 0.3) is 0 Å². The van der Waals surface area contributed by atoms with Crippen LogP contribution in [0.1, 0.15) is 85.6 Å². The molecule has 1 fully saturated rings. The van der Waals surface area contributed by atoms with Crippen molar-refractivity contribution >= 4 is 45.2 Å². The number of nitrogens with two attached hydrogens (primary N) is 1. The van der Waals surface area contributed by atoms with Crippen molar-refractivity contribution in [2.75, 3.05) is 20.3 Å². The van der Waals surface area contributed by atoms with Gasteiger partial charge in [-0.15, -0.1) is 11.3 Å². The van der Waals surface area contributed by atoms with Crippen LogP contribution in [0.25, 0.3) is 10.2 Å². The quantitative estimate of drug-likeness (QED) is 0.0216. The molecule has 1 heterocycles. The lowest BCUT2D eigenvalue weighted by atomic mass is 9.81. The minimum Gasteiger partial charge on any atom is -0.497 e. The van der Waals surface area contributed by atoms with E-state index in [1.807, 2.05) is 18.2 Å². The highest BCUT2D eigenvalue weighted by molar-refractivity contribution is 7.20. The fourth-order valence-electron chi connectivity index (χ4n) is 6.05. The van der Waals surface area contributed by atoms with Crippen LogP contribution in [0.5, 0.6) is 23.0 Å². The van der Waals surface area contributed by atoms with E-state index < -0.39 is 11.9 Å². The Labute approximate surface area is 307 Å². The predicted molar refractivity (Wildman–Crippen MR) is 200 cm³/mol. The van der Waals surface area contributed by atoms with Gasteiger partial charge < -0.3 is 29.5 Å². The molecule has 2 N–H and O–H groups in total. The second-order valence-electron chi connectivity index (χ2n) is 12.6. The van der Waals surface area contributed by atoms with Gasteiger partial charge in [-0.3, -0.25) is 4.79 Å². The first kappa shape index (κ1) is 38.0. The van der Waals surface area contributed by atoms with Gasteiger partial charge in [-0.25, -0.2) is 14.6 Å². The molecule has 1 saturated carbocycles. The summed E-state index contributed by atoms with van der Waals surface area (Å²) in [5, 5.41) is 4.56. The van der Waals surface area contributed by atoms with Gasteiger partial charge in [-0.2, -0.15) is 5.10 Å². The lowest BCUT2D eigenvalue weighted by Gasteiger charge is -2.26. The molecule has 0 amide bonds. The molecular weight excluding hydrogens is 683 g/mol. The molecule has 0 radical (unpaired) electrons. The van der Waals surface area contributed by atoms with Gasteiger partial charge in [0, 0.05) is 6.08 Å². The average molecular weight is 728 g/mol. The van der Waals surface area contributed by atoms with Crippen LogP contribution in [0.15, 0.2) is 78.4 Å². The number of benzene rings is 3. The van der Waals surface area contributed by atoms with Crippen LogP contribution in [0.3, 0.4) is 0 Å². The van der Waals surface area contributed by atoms with Crippen LogP contribution in [0.4, 0.5) is 0 Å². The molecule has 0 atom stereocenters. The summed E-state index contributed by atoms with van der Waals surface area (Å²) in [4.78, 5) is 42.4. The zero-order chi connectivity index (χ0) is 36.9. The largest absolute Gasteiger partial charge is 0.497 e. The standard InChI is InChI=1S/C40H45N3O8S/c1-4-26-10-12-27(13-11-26)39(45)50-31-19-21-34(32(24-31)37(43-41)38-42-33-20-18-30(47-3)25-35(33)52-38)51-40(46)28-14-16-29(17-15-28)48-22-8-6-7-9-23-49-36(44)5-2/h5,14-21,24-27H,2,4,6-13,22-23,41H2,1,3H3. The van der Waals surface area contributed by atoms with E-state index in [0.29, 0.717) is 52.5 Å². The Morgan fingerprint density at radius 1 is 0.904 bits per heavy atom. The Morgan fingerprint density at radius 2 is 1.62 bits per heavy atom. The Bertz CT molecular complexity index is 1880. The molecule has 11 nitrogen and oxygen atoms in total. The number of aromatic nitrogens is 1. The molecule has 1 aromatic heterocycles. The van der Waals surface area contributed by atoms with Gasteiger partial charge in [0.15, 0.2) is 0 Å². The molecule has 0 spiro atoms. The van der Waals surface area contributed by atoms with E-state index in [4.69, 9.17) is 34.5 Å². The van der Waals surface area contributed by atoms with E-state index in [1.54, 1.807) is 49.6 Å². The number of hydrazone groups is 1. The topological polar surface area (TPSA) is 149 Å². The fraction of sp³-hybridized carbons (Fsp3) is 0.375. The predicted octanol–water partition coefficient (Wildman–Crippen LogP) is 8.03. The van der Waals surface area contributed by atoms with Crippen LogP contribution in [-0.2, 0) is 14.3 Å². The number of carbonyl (C=O) groups is 3. The van der Waals surface area contributed by atoms with Gasteiger partial charge >= 0.3 is 17.9 Å². The number of ether oxygens (including phenoxy) is 5. The maximum absolute atomic E-state index is 13.4. The maximum atomic E-state index is 13.4. The van der Waals surface area contributed by atoms with Crippen LogP contribution in [-0.4, -0.2) is 48.9 Å². The zero-order valence-electron chi connectivity index (χ0n) is 29.6. The van der Waals surface area contributed by atoms with Gasteiger partial charge in [0.05, 0.1) is 47.6 Å². The number of fused-ring (bicyclic) bond motifs is 1. The highest BCUT2D eigenvalue weighted by Gasteiger charge is 2.28. The number of thiazole rings is 1. The van der Waals surface area contributed by atoms with E-state index in [1.165, 1.54) is 11.3 Å². The van der Waals surface area contributed by atoms with Crippen molar-refractivity contribution in [3.05, 3.63) is 89.5 Å². The van der Waals surface area contributed by atoms with Crippen molar-refractivity contribution in [3.63, 3.8) is 0 Å². The van der Waals surface area contributed by atoms with Crippen molar-refractivity contribution in [2.45, 2.75) is 64.7 Å². The first-order chi connectivity index (χ1) is 25.3. The van der Waals surface area contributed by atoms with Crippen LogP contribution in [0.2, 0.25) is 0 Å². The van der Waals surface area contributed by atoms with E-state index in [9.17, 15) is 14.4 Å². The van der Waals surface area contributed by atoms with Crippen LogP contribution >= 0.6 is 11.3 Å². The van der Waals surface area contributed by atoms with Crippen LogP contribution < -0.4 is 24.8 Å². The third-order valence-corrected chi connectivity index (χ3v) is 10.1. The van der Waals surface area contributed by atoms with E-state index in [-0.39, 0.29) is 23.3 Å². The number of hydrogen-bond acceptors (Lipinski definition) is 12. The number of hydrogen-bond donors (Lipinski definition) is 1. The summed E-state index contributed by atoms with van der Waals surface area (Å²) in [5.41, 5.74) is 1.65. The summed E-state index contributed by atoms with van der Waals surface area (Å²) in [5.74, 6) is 6.94. The summed E-state index contributed by atoms with van der Waals surface area (Å²) in [6.45, 7) is 6.45. The number of methoxy groups -OCH3 is 1. The van der Waals surface area contributed by atoms with E-state index in [0.717, 1.165) is 74.1 Å². The molecule has 0 saturated heterocycles. The summed E-state index contributed by atoms with van der Waals surface area (Å²) < 4.78 is 28.8. The molecule has 0 aliphatic heterocycles.